The number of carbonyl (C=O) groups excluding carboxylic acids is 1. The van der Waals surface area contributed by atoms with Crippen LogP contribution >= 0.6 is 0 Å². The number of aromatic amines is 1. The summed E-state index contributed by atoms with van der Waals surface area (Å²) in [6.45, 7) is 9.57. The number of aryl methyl sites for hydroxylation is 2. The van der Waals surface area contributed by atoms with E-state index in [1.54, 1.807) is 11.4 Å². The summed E-state index contributed by atoms with van der Waals surface area (Å²) in [5, 5.41) is 15.9. The highest BCUT2D eigenvalue weighted by molar-refractivity contribution is 5.79. The number of nitrogens with one attached hydrogen (secondary N) is 2. The SMILES string of the molecule is CCC(C)C(C)(O)CNC(=O)Cc1c(C)nc2cc(=O)[nH]n2c1C. The summed E-state index contributed by atoms with van der Waals surface area (Å²) in [4.78, 5) is 28.1. The quantitative estimate of drug-likeness (QED) is 0.736. The van der Waals surface area contributed by atoms with Crippen LogP contribution < -0.4 is 10.9 Å². The van der Waals surface area contributed by atoms with Crippen LogP contribution in [-0.4, -0.2) is 37.8 Å². The molecule has 2 aromatic heterocycles. The lowest BCUT2D eigenvalue weighted by Crippen LogP contribution is -2.45. The predicted octanol–water partition coefficient (Wildman–Crippen LogP) is 1.10. The Kier molecular flexibility index (Phi) is 5.13. The Balaban J connectivity index is 2.15. The first kappa shape index (κ1) is 18.2. The van der Waals surface area contributed by atoms with Crippen LogP contribution in [0, 0.1) is 19.8 Å². The van der Waals surface area contributed by atoms with Crippen molar-refractivity contribution in [3.05, 3.63) is 33.4 Å². The number of fused-ring (bicyclic) bond motifs is 1. The molecule has 0 saturated heterocycles. The van der Waals surface area contributed by atoms with E-state index in [-0.39, 0.29) is 30.3 Å². The minimum atomic E-state index is -0.942. The van der Waals surface area contributed by atoms with Crippen LogP contribution in [0.5, 0.6) is 0 Å². The summed E-state index contributed by atoms with van der Waals surface area (Å²) in [6.07, 6.45) is 0.986. The molecule has 132 valence electrons. The Hall–Kier alpha value is -2.15. The number of nitrogens with zero attached hydrogens (tertiary/aromatic N) is 2. The summed E-state index contributed by atoms with van der Waals surface area (Å²) in [5.74, 6) is -0.0929. The van der Waals surface area contributed by atoms with Crippen molar-refractivity contribution in [1.82, 2.24) is 19.9 Å². The summed E-state index contributed by atoms with van der Waals surface area (Å²) in [7, 11) is 0. The first-order valence-corrected chi connectivity index (χ1v) is 8.22. The van der Waals surface area contributed by atoms with Crippen LogP contribution in [0.15, 0.2) is 10.9 Å². The largest absolute Gasteiger partial charge is 0.388 e. The third-order valence-electron chi connectivity index (χ3n) is 4.86. The number of carbonyl (C=O) groups is 1. The molecule has 0 aliphatic rings. The van der Waals surface area contributed by atoms with Crippen LogP contribution in [0.25, 0.3) is 5.65 Å². The van der Waals surface area contributed by atoms with Crippen molar-refractivity contribution in [3.8, 4) is 0 Å². The lowest BCUT2D eigenvalue weighted by molar-refractivity contribution is -0.122. The molecule has 0 fully saturated rings. The number of aliphatic hydroxyl groups is 1. The van der Waals surface area contributed by atoms with E-state index >= 15 is 0 Å². The van der Waals surface area contributed by atoms with Crippen LogP contribution in [0.4, 0.5) is 0 Å². The number of hydrogen-bond donors (Lipinski definition) is 3. The van der Waals surface area contributed by atoms with E-state index in [0.29, 0.717) is 5.65 Å². The molecule has 0 spiro atoms. The highest BCUT2D eigenvalue weighted by Crippen LogP contribution is 2.19. The standard InChI is InChI=1S/C17H26N4O3/c1-6-10(2)17(5,24)9-18-15(22)7-13-11(3)19-14-8-16(23)20-21(14)12(13)4/h8,10,24H,6-7,9H2,1-5H3,(H,18,22)(H,20,23). The molecule has 7 heteroatoms. The van der Waals surface area contributed by atoms with Gasteiger partial charge in [0, 0.05) is 29.6 Å². The summed E-state index contributed by atoms with van der Waals surface area (Å²) in [5.41, 5.74) is 1.64. The van der Waals surface area contributed by atoms with Crippen molar-refractivity contribution < 1.29 is 9.90 Å². The number of rotatable bonds is 6. The average Bonchev–Trinajstić information content (AvgIpc) is 2.89. The highest BCUT2D eigenvalue weighted by atomic mass is 16.3. The van der Waals surface area contributed by atoms with E-state index < -0.39 is 5.60 Å². The van der Waals surface area contributed by atoms with Crippen LogP contribution in [-0.2, 0) is 11.2 Å². The summed E-state index contributed by atoms with van der Waals surface area (Å²) < 4.78 is 1.59. The second-order valence-electron chi connectivity index (χ2n) is 6.70. The maximum absolute atomic E-state index is 12.3. The molecule has 2 unspecified atom stereocenters. The van der Waals surface area contributed by atoms with Gasteiger partial charge >= 0.3 is 0 Å². The van der Waals surface area contributed by atoms with Crippen LogP contribution in [0.3, 0.4) is 0 Å². The zero-order valence-electron chi connectivity index (χ0n) is 14.9. The van der Waals surface area contributed by atoms with Crippen molar-refractivity contribution in [2.75, 3.05) is 6.54 Å². The third-order valence-corrected chi connectivity index (χ3v) is 4.86. The third kappa shape index (κ3) is 3.67. The average molecular weight is 334 g/mol. The highest BCUT2D eigenvalue weighted by Gasteiger charge is 2.27. The Bertz CT molecular complexity index is 804. The number of hydrogen-bond acceptors (Lipinski definition) is 4. The number of amides is 1. The fraction of sp³-hybridized carbons (Fsp3) is 0.588. The smallest absolute Gasteiger partial charge is 0.266 e. The normalized spacial score (nSPS) is 15.2. The van der Waals surface area contributed by atoms with Crippen molar-refractivity contribution in [2.24, 2.45) is 5.92 Å². The van der Waals surface area contributed by atoms with Gasteiger partial charge in [-0.05, 0) is 26.7 Å². The molecule has 0 aromatic carbocycles. The van der Waals surface area contributed by atoms with Crippen molar-refractivity contribution in [2.45, 2.75) is 53.1 Å². The van der Waals surface area contributed by atoms with E-state index in [9.17, 15) is 14.7 Å². The molecule has 0 saturated carbocycles. The van der Waals surface area contributed by atoms with Crippen molar-refractivity contribution in [3.63, 3.8) is 0 Å². The number of aromatic nitrogens is 3. The first-order valence-electron chi connectivity index (χ1n) is 8.22. The Morgan fingerprint density at radius 3 is 2.79 bits per heavy atom. The fourth-order valence-electron chi connectivity index (χ4n) is 2.73. The van der Waals surface area contributed by atoms with Crippen molar-refractivity contribution in [1.29, 1.82) is 0 Å². The van der Waals surface area contributed by atoms with Gasteiger partial charge in [-0.25, -0.2) is 9.50 Å². The molecular weight excluding hydrogens is 308 g/mol. The summed E-state index contributed by atoms with van der Waals surface area (Å²) >= 11 is 0. The van der Waals surface area contributed by atoms with Crippen LogP contribution in [0.2, 0.25) is 0 Å². The molecule has 0 bridgehead atoms. The molecule has 2 rings (SSSR count). The molecule has 2 atom stereocenters. The maximum atomic E-state index is 12.3. The van der Waals surface area contributed by atoms with Gasteiger partial charge in [0.25, 0.3) is 5.56 Å². The topological polar surface area (TPSA) is 99.5 Å². The van der Waals surface area contributed by atoms with Gasteiger partial charge in [0.2, 0.25) is 5.91 Å². The molecule has 24 heavy (non-hydrogen) atoms. The second kappa shape index (κ2) is 6.76. The van der Waals surface area contributed by atoms with Crippen molar-refractivity contribution >= 4 is 11.6 Å². The van der Waals surface area contributed by atoms with Crippen LogP contribution in [0.1, 0.15) is 44.1 Å². The Morgan fingerprint density at radius 1 is 1.50 bits per heavy atom. The maximum Gasteiger partial charge on any atom is 0.266 e. The minimum Gasteiger partial charge on any atom is -0.388 e. The first-order chi connectivity index (χ1) is 11.2. The zero-order chi connectivity index (χ0) is 18.1. The molecule has 0 aliphatic carbocycles. The lowest BCUT2D eigenvalue weighted by Gasteiger charge is -2.29. The number of H-pyrrole nitrogens is 1. The second-order valence-corrected chi connectivity index (χ2v) is 6.70. The minimum absolute atomic E-state index is 0.0873. The van der Waals surface area contributed by atoms with Gasteiger partial charge in [-0.1, -0.05) is 20.3 Å². The van der Waals surface area contributed by atoms with Gasteiger partial charge < -0.3 is 10.4 Å². The molecular formula is C17H26N4O3. The Morgan fingerprint density at radius 2 is 2.17 bits per heavy atom. The fourth-order valence-corrected chi connectivity index (χ4v) is 2.73. The van der Waals surface area contributed by atoms with E-state index in [1.165, 1.54) is 6.07 Å². The molecule has 7 nitrogen and oxygen atoms in total. The van der Waals surface area contributed by atoms with E-state index in [2.05, 4.69) is 15.4 Å². The predicted molar refractivity (Wildman–Crippen MR) is 92.1 cm³/mol. The van der Waals surface area contributed by atoms with E-state index in [4.69, 9.17) is 0 Å². The zero-order valence-corrected chi connectivity index (χ0v) is 14.9. The monoisotopic (exact) mass is 334 g/mol. The Labute approximate surface area is 141 Å². The molecule has 2 aromatic rings. The van der Waals surface area contributed by atoms with Gasteiger partial charge in [0.15, 0.2) is 5.65 Å². The van der Waals surface area contributed by atoms with E-state index in [0.717, 1.165) is 23.4 Å². The van der Waals surface area contributed by atoms with Gasteiger partial charge in [-0.3, -0.25) is 14.7 Å². The molecule has 0 radical (unpaired) electrons. The van der Waals surface area contributed by atoms with Gasteiger partial charge in [0.1, 0.15) is 0 Å². The van der Waals surface area contributed by atoms with Gasteiger partial charge in [0.05, 0.1) is 12.0 Å². The van der Waals surface area contributed by atoms with Gasteiger partial charge in [-0.2, -0.15) is 0 Å². The molecule has 1 amide bonds. The van der Waals surface area contributed by atoms with Gasteiger partial charge in [-0.15, -0.1) is 0 Å². The molecule has 3 N–H and O–H groups in total. The van der Waals surface area contributed by atoms with E-state index in [1.807, 2.05) is 27.7 Å². The molecule has 0 aliphatic heterocycles. The molecule has 2 heterocycles. The lowest BCUT2D eigenvalue weighted by atomic mass is 9.88. The summed E-state index contributed by atoms with van der Waals surface area (Å²) in [6, 6.07) is 1.42.